The van der Waals surface area contributed by atoms with Crippen LogP contribution in [0, 0.1) is 11.3 Å². The molecule has 1 atom stereocenters. The molecule has 0 aliphatic carbocycles. The highest BCUT2D eigenvalue weighted by atomic mass is 79.9. The maximum atomic E-state index is 12.8. The average molecular weight is 403 g/mol. The third-order valence-electron chi connectivity index (χ3n) is 4.10. The number of halogens is 1. The number of carbonyl (C=O) groups is 1. The van der Waals surface area contributed by atoms with E-state index in [1.54, 1.807) is 6.07 Å². The number of nitriles is 1. The third-order valence-corrected chi connectivity index (χ3v) is 4.59. The van der Waals surface area contributed by atoms with Crippen LogP contribution >= 0.6 is 15.9 Å². The molecule has 1 aromatic carbocycles. The van der Waals surface area contributed by atoms with Gasteiger partial charge in [0.1, 0.15) is 17.4 Å². The molecule has 1 saturated heterocycles. The molecule has 7 heteroatoms. The molecule has 3 rings (SSSR count). The van der Waals surface area contributed by atoms with Crippen LogP contribution in [0.3, 0.4) is 0 Å². The molecule has 0 bridgehead atoms. The van der Waals surface area contributed by atoms with E-state index in [0.717, 1.165) is 12.8 Å². The predicted octanol–water partition coefficient (Wildman–Crippen LogP) is 2.60. The number of nitrogens with zero attached hydrogens (tertiary/aromatic N) is 2. The van der Waals surface area contributed by atoms with E-state index in [2.05, 4.69) is 15.9 Å². The minimum atomic E-state index is -0.462. The molecule has 1 aliphatic rings. The molecular formula is C18H15BrN2O4. The first-order chi connectivity index (χ1) is 12.0. The van der Waals surface area contributed by atoms with Gasteiger partial charge in [0.2, 0.25) is 0 Å². The van der Waals surface area contributed by atoms with Gasteiger partial charge < -0.3 is 14.4 Å². The second kappa shape index (κ2) is 7.21. The molecule has 0 saturated carbocycles. The number of ketones is 1. The fraction of sp³-hybridized carbons (Fsp3) is 0.278. The molecular weight excluding hydrogens is 388 g/mol. The molecule has 1 fully saturated rings. The van der Waals surface area contributed by atoms with Crippen LogP contribution in [0.25, 0.3) is 0 Å². The van der Waals surface area contributed by atoms with E-state index in [1.165, 1.54) is 29.0 Å². The van der Waals surface area contributed by atoms with Crippen LogP contribution in [0.2, 0.25) is 0 Å². The summed E-state index contributed by atoms with van der Waals surface area (Å²) in [5.74, 6) is -0.625. The van der Waals surface area contributed by atoms with Crippen LogP contribution in [0.5, 0.6) is 5.75 Å². The summed E-state index contributed by atoms with van der Waals surface area (Å²) >= 11 is 3.26. The molecule has 0 amide bonds. The number of ether oxygens (including phenoxy) is 1. The van der Waals surface area contributed by atoms with Crippen molar-refractivity contribution in [2.75, 3.05) is 6.61 Å². The Labute approximate surface area is 152 Å². The second-order valence-corrected chi connectivity index (χ2v) is 6.75. The van der Waals surface area contributed by atoms with Crippen molar-refractivity contribution in [2.24, 2.45) is 0 Å². The standard InChI is InChI=1S/C18H15BrN2O4/c19-13-3-4-16(22)15(7-13)17(23)12-6-11(8-20)18(24)21(9-12)10-14-2-1-5-25-14/h3-4,6-7,9,14,22H,1-2,5,10H2/t14-/m1/s1. The highest BCUT2D eigenvalue weighted by Crippen LogP contribution is 2.24. The Bertz CT molecular complexity index is 924. The Balaban J connectivity index is 2.03. The summed E-state index contributed by atoms with van der Waals surface area (Å²) < 4.78 is 7.52. The molecule has 1 aromatic heterocycles. The van der Waals surface area contributed by atoms with Crippen molar-refractivity contribution >= 4 is 21.7 Å². The lowest BCUT2D eigenvalue weighted by molar-refractivity contribution is 0.0955. The number of pyridine rings is 1. The first-order valence-corrected chi connectivity index (χ1v) is 8.58. The lowest BCUT2D eigenvalue weighted by Crippen LogP contribution is -2.28. The Morgan fingerprint density at radius 3 is 2.92 bits per heavy atom. The van der Waals surface area contributed by atoms with E-state index in [9.17, 15) is 20.0 Å². The maximum Gasteiger partial charge on any atom is 0.268 e. The quantitative estimate of drug-likeness (QED) is 0.793. The molecule has 128 valence electrons. The molecule has 0 radical (unpaired) electrons. The molecule has 25 heavy (non-hydrogen) atoms. The first kappa shape index (κ1) is 17.4. The van der Waals surface area contributed by atoms with Gasteiger partial charge in [-0.15, -0.1) is 0 Å². The summed E-state index contributed by atoms with van der Waals surface area (Å²) in [6.07, 6.45) is 3.08. The Hall–Kier alpha value is -2.43. The van der Waals surface area contributed by atoms with Crippen LogP contribution in [-0.4, -0.2) is 28.2 Å². The van der Waals surface area contributed by atoms with E-state index >= 15 is 0 Å². The number of rotatable bonds is 4. The molecule has 1 N–H and O–H groups in total. The molecule has 1 aliphatic heterocycles. The summed E-state index contributed by atoms with van der Waals surface area (Å²) in [4.78, 5) is 25.1. The lowest BCUT2D eigenvalue weighted by Gasteiger charge is -2.13. The molecule has 6 nitrogen and oxygen atoms in total. The normalized spacial score (nSPS) is 16.6. The van der Waals surface area contributed by atoms with Gasteiger partial charge in [0.15, 0.2) is 5.78 Å². The predicted molar refractivity (Wildman–Crippen MR) is 93.6 cm³/mol. The van der Waals surface area contributed by atoms with Crippen molar-refractivity contribution in [3.8, 4) is 11.8 Å². The van der Waals surface area contributed by atoms with Gasteiger partial charge in [-0.25, -0.2) is 0 Å². The van der Waals surface area contributed by atoms with E-state index in [-0.39, 0.29) is 28.5 Å². The summed E-state index contributed by atoms with van der Waals surface area (Å²) in [7, 11) is 0. The van der Waals surface area contributed by atoms with Crippen LogP contribution in [-0.2, 0) is 11.3 Å². The average Bonchev–Trinajstić information content (AvgIpc) is 3.11. The lowest BCUT2D eigenvalue weighted by atomic mass is 10.0. The summed E-state index contributed by atoms with van der Waals surface area (Å²) in [6.45, 7) is 0.939. The van der Waals surface area contributed by atoms with E-state index < -0.39 is 11.3 Å². The van der Waals surface area contributed by atoms with Crippen LogP contribution in [0.4, 0.5) is 0 Å². The minimum Gasteiger partial charge on any atom is -0.507 e. The molecule has 2 aromatic rings. The van der Waals surface area contributed by atoms with Gasteiger partial charge in [-0.3, -0.25) is 9.59 Å². The van der Waals surface area contributed by atoms with Crippen molar-refractivity contribution in [1.29, 1.82) is 5.26 Å². The van der Waals surface area contributed by atoms with Crippen molar-refractivity contribution in [1.82, 2.24) is 4.57 Å². The zero-order valence-electron chi connectivity index (χ0n) is 13.2. The van der Waals surface area contributed by atoms with Gasteiger partial charge >= 0.3 is 0 Å². The minimum absolute atomic E-state index is 0.0978. The van der Waals surface area contributed by atoms with Crippen molar-refractivity contribution in [3.63, 3.8) is 0 Å². The molecule has 0 unspecified atom stereocenters. The number of hydrogen-bond acceptors (Lipinski definition) is 5. The number of hydrogen-bond donors (Lipinski definition) is 1. The van der Waals surface area contributed by atoms with Crippen molar-refractivity contribution in [3.05, 3.63) is 62.0 Å². The maximum absolute atomic E-state index is 12.8. The van der Waals surface area contributed by atoms with Crippen LogP contribution in [0.15, 0.2) is 39.7 Å². The zero-order chi connectivity index (χ0) is 18.0. The largest absolute Gasteiger partial charge is 0.507 e. The Kier molecular flexibility index (Phi) is 5.02. The first-order valence-electron chi connectivity index (χ1n) is 7.79. The monoisotopic (exact) mass is 402 g/mol. The van der Waals surface area contributed by atoms with Crippen molar-refractivity contribution < 1.29 is 14.6 Å². The zero-order valence-corrected chi connectivity index (χ0v) is 14.8. The van der Waals surface area contributed by atoms with Crippen LogP contribution in [0.1, 0.15) is 34.3 Å². The number of phenolic OH excluding ortho intramolecular Hbond substituents is 1. The number of benzene rings is 1. The topological polar surface area (TPSA) is 92.3 Å². The third kappa shape index (κ3) is 3.65. The van der Waals surface area contributed by atoms with E-state index in [1.807, 2.05) is 6.07 Å². The second-order valence-electron chi connectivity index (χ2n) is 5.84. The number of aromatic hydroxyl groups is 1. The molecule has 0 spiro atoms. The van der Waals surface area contributed by atoms with E-state index in [4.69, 9.17) is 4.74 Å². The Morgan fingerprint density at radius 2 is 2.24 bits per heavy atom. The van der Waals surface area contributed by atoms with Gasteiger partial charge in [-0.2, -0.15) is 5.26 Å². The van der Waals surface area contributed by atoms with E-state index in [0.29, 0.717) is 17.6 Å². The van der Waals surface area contributed by atoms with Gasteiger partial charge in [-0.1, -0.05) is 15.9 Å². The molecule has 2 heterocycles. The Morgan fingerprint density at radius 1 is 1.44 bits per heavy atom. The fourth-order valence-corrected chi connectivity index (χ4v) is 3.19. The smallest absolute Gasteiger partial charge is 0.268 e. The highest BCUT2D eigenvalue weighted by molar-refractivity contribution is 9.10. The number of aromatic nitrogens is 1. The van der Waals surface area contributed by atoms with Crippen LogP contribution < -0.4 is 5.56 Å². The fourth-order valence-electron chi connectivity index (χ4n) is 2.83. The van der Waals surface area contributed by atoms with Gasteiger partial charge in [0, 0.05) is 22.8 Å². The number of carbonyl (C=O) groups excluding carboxylic acids is 1. The van der Waals surface area contributed by atoms with Crippen molar-refractivity contribution in [2.45, 2.75) is 25.5 Å². The summed E-state index contributed by atoms with van der Waals surface area (Å²) in [6, 6.07) is 7.62. The van der Waals surface area contributed by atoms with Gasteiger partial charge in [-0.05, 0) is 37.1 Å². The van der Waals surface area contributed by atoms with Gasteiger partial charge in [0.05, 0.1) is 18.2 Å². The van der Waals surface area contributed by atoms with Gasteiger partial charge in [0.25, 0.3) is 5.56 Å². The number of phenols is 1. The summed E-state index contributed by atoms with van der Waals surface area (Å²) in [5.41, 5.74) is -0.297. The highest BCUT2D eigenvalue weighted by Gasteiger charge is 2.21. The SMILES string of the molecule is N#Cc1cc(C(=O)c2cc(Br)ccc2O)cn(C[C@H]2CCCO2)c1=O. The summed E-state index contributed by atoms with van der Waals surface area (Å²) in [5, 5.41) is 19.2.